The number of amides is 1. The molecule has 1 fully saturated rings. The molecular formula is C17H22F2N2O2. The minimum absolute atomic E-state index is 0.0359. The number of hydrogen-bond acceptors (Lipinski definition) is 3. The summed E-state index contributed by atoms with van der Waals surface area (Å²) in [6, 6.07) is 5.38. The van der Waals surface area contributed by atoms with Gasteiger partial charge in [-0.2, -0.15) is 8.78 Å². The molecule has 0 atom stereocenters. The molecule has 1 heterocycles. The molecule has 1 aliphatic heterocycles. The van der Waals surface area contributed by atoms with Crippen LogP contribution in [0.4, 0.5) is 14.5 Å². The lowest BCUT2D eigenvalue weighted by atomic mass is 9.75. The molecule has 3 rings (SSSR count). The molecule has 1 aliphatic carbocycles. The molecule has 0 spiro atoms. The van der Waals surface area contributed by atoms with E-state index < -0.39 is 17.4 Å². The number of halogens is 2. The maximum atomic E-state index is 14.2. The van der Waals surface area contributed by atoms with Gasteiger partial charge in [0.05, 0.1) is 0 Å². The highest BCUT2D eigenvalue weighted by Gasteiger charge is 2.61. The molecule has 0 unspecified atom stereocenters. The second kappa shape index (κ2) is 5.83. The molecule has 1 saturated carbocycles. The number of aliphatic hydroxyl groups is 1. The first kappa shape index (κ1) is 16.3. The summed E-state index contributed by atoms with van der Waals surface area (Å²) in [7, 11) is 0. The number of rotatable bonds is 4. The van der Waals surface area contributed by atoms with Crippen LogP contribution in [-0.4, -0.2) is 40.5 Å². The summed E-state index contributed by atoms with van der Waals surface area (Å²) in [5, 5.41) is 12.2. The molecule has 6 heteroatoms. The lowest BCUT2D eigenvalue weighted by Crippen LogP contribution is -2.59. The smallest absolute Gasteiger partial charge is 0.352 e. The number of carbonyl (C=O) groups is 1. The van der Waals surface area contributed by atoms with E-state index in [0.29, 0.717) is 12.1 Å². The van der Waals surface area contributed by atoms with Gasteiger partial charge in [-0.25, -0.2) is 0 Å². The van der Waals surface area contributed by atoms with Gasteiger partial charge >= 0.3 is 5.92 Å². The Morgan fingerprint density at radius 3 is 2.78 bits per heavy atom. The van der Waals surface area contributed by atoms with Crippen molar-refractivity contribution in [3.8, 4) is 0 Å². The first-order valence-corrected chi connectivity index (χ1v) is 8.12. The third kappa shape index (κ3) is 2.74. The lowest BCUT2D eigenvalue weighted by molar-refractivity contribution is -0.212. The van der Waals surface area contributed by atoms with Crippen molar-refractivity contribution in [3.63, 3.8) is 0 Å². The highest BCUT2D eigenvalue weighted by Crippen LogP contribution is 2.44. The van der Waals surface area contributed by atoms with Gasteiger partial charge in [0.1, 0.15) is 5.60 Å². The first-order chi connectivity index (χ1) is 10.9. The zero-order chi connectivity index (χ0) is 16.7. The van der Waals surface area contributed by atoms with Crippen molar-refractivity contribution in [2.24, 2.45) is 0 Å². The normalized spacial score (nSPS) is 20.5. The Hall–Kier alpha value is -1.53. The van der Waals surface area contributed by atoms with Crippen molar-refractivity contribution in [2.45, 2.75) is 50.7 Å². The van der Waals surface area contributed by atoms with Gasteiger partial charge in [-0.1, -0.05) is 19.1 Å². The van der Waals surface area contributed by atoms with Crippen LogP contribution in [0.1, 0.15) is 37.3 Å². The summed E-state index contributed by atoms with van der Waals surface area (Å²) in [6.07, 6.45) is 1.17. The second-order valence-corrected chi connectivity index (χ2v) is 6.48. The van der Waals surface area contributed by atoms with E-state index in [1.807, 2.05) is 6.07 Å². The van der Waals surface area contributed by atoms with Gasteiger partial charge in [-0.3, -0.25) is 9.69 Å². The molecule has 0 bridgehead atoms. The number of nitrogens with zero attached hydrogens (tertiary/aromatic N) is 1. The van der Waals surface area contributed by atoms with E-state index in [2.05, 4.69) is 17.1 Å². The number of nitrogens with one attached hydrogen (secondary N) is 1. The van der Waals surface area contributed by atoms with Crippen LogP contribution in [0.3, 0.4) is 0 Å². The zero-order valence-electron chi connectivity index (χ0n) is 13.2. The molecular weight excluding hydrogens is 302 g/mol. The standard InChI is InChI=1S/C17H22F2N2O2/c1-2-21-10-7-13-12(11-21)5-3-6-14(13)20-15(22)17(18,19)16(23)8-4-9-16/h3,5-6,23H,2,4,7-11H2,1H3,(H,20,22). The Labute approximate surface area is 134 Å². The number of likely N-dealkylation sites (N-methyl/N-ethyl adjacent to an activating group) is 1. The van der Waals surface area contributed by atoms with E-state index in [1.54, 1.807) is 12.1 Å². The Bertz CT molecular complexity index is 615. The van der Waals surface area contributed by atoms with Gasteiger partial charge in [0.2, 0.25) is 0 Å². The SMILES string of the molecule is CCN1CCc2c(cccc2NC(=O)C(F)(F)C2(O)CCC2)C1. The summed E-state index contributed by atoms with van der Waals surface area (Å²) in [5.74, 6) is -5.18. The minimum Gasteiger partial charge on any atom is -0.383 e. The quantitative estimate of drug-likeness (QED) is 0.895. The van der Waals surface area contributed by atoms with Crippen molar-refractivity contribution in [2.75, 3.05) is 18.4 Å². The van der Waals surface area contributed by atoms with Crippen LogP contribution in [0.15, 0.2) is 18.2 Å². The van der Waals surface area contributed by atoms with Crippen molar-refractivity contribution in [1.82, 2.24) is 4.90 Å². The van der Waals surface area contributed by atoms with E-state index in [-0.39, 0.29) is 12.8 Å². The van der Waals surface area contributed by atoms with Gasteiger partial charge in [-0.15, -0.1) is 0 Å². The third-order valence-corrected chi connectivity index (χ3v) is 5.09. The van der Waals surface area contributed by atoms with Gasteiger partial charge in [-0.05, 0) is 49.4 Å². The molecule has 2 N–H and O–H groups in total. The fourth-order valence-electron chi connectivity index (χ4n) is 3.29. The molecule has 2 aliphatic rings. The number of benzene rings is 1. The van der Waals surface area contributed by atoms with Gasteiger partial charge in [0, 0.05) is 18.8 Å². The fraction of sp³-hybridized carbons (Fsp3) is 0.588. The number of hydrogen-bond donors (Lipinski definition) is 2. The molecule has 126 valence electrons. The van der Waals surface area contributed by atoms with Gasteiger partial charge < -0.3 is 10.4 Å². The van der Waals surface area contributed by atoms with Gasteiger partial charge in [0.25, 0.3) is 5.91 Å². The predicted octanol–water partition coefficient (Wildman–Crippen LogP) is 2.55. The summed E-state index contributed by atoms with van der Waals surface area (Å²) in [6.45, 7) is 4.62. The van der Waals surface area contributed by atoms with Crippen LogP contribution < -0.4 is 5.32 Å². The molecule has 0 saturated heterocycles. The van der Waals surface area contributed by atoms with E-state index in [4.69, 9.17) is 0 Å². The van der Waals surface area contributed by atoms with Crippen LogP contribution in [0.5, 0.6) is 0 Å². The van der Waals surface area contributed by atoms with Crippen LogP contribution in [0.25, 0.3) is 0 Å². The van der Waals surface area contributed by atoms with E-state index in [1.165, 1.54) is 0 Å². The van der Waals surface area contributed by atoms with Crippen LogP contribution in [0.2, 0.25) is 0 Å². The van der Waals surface area contributed by atoms with Crippen LogP contribution in [-0.2, 0) is 17.8 Å². The van der Waals surface area contributed by atoms with Crippen molar-refractivity contribution < 1.29 is 18.7 Å². The summed E-state index contributed by atoms with van der Waals surface area (Å²) < 4.78 is 28.4. The number of fused-ring (bicyclic) bond motifs is 1. The van der Waals surface area contributed by atoms with Crippen molar-refractivity contribution in [1.29, 1.82) is 0 Å². The molecule has 0 radical (unpaired) electrons. The molecule has 0 aromatic heterocycles. The average molecular weight is 324 g/mol. The monoisotopic (exact) mass is 324 g/mol. The molecule has 1 aromatic rings. The Morgan fingerprint density at radius 2 is 2.17 bits per heavy atom. The third-order valence-electron chi connectivity index (χ3n) is 5.09. The Balaban J connectivity index is 1.80. The summed E-state index contributed by atoms with van der Waals surface area (Å²) in [4.78, 5) is 14.3. The number of alkyl halides is 2. The topological polar surface area (TPSA) is 52.6 Å². The lowest BCUT2D eigenvalue weighted by Gasteiger charge is -2.41. The highest BCUT2D eigenvalue weighted by atomic mass is 19.3. The molecule has 4 nitrogen and oxygen atoms in total. The molecule has 1 aromatic carbocycles. The van der Waals surface area contributed by atoms with Crippen LogP contribution >= 0.6 is 0 Å². The maximum Gasteiger partial charge on any atom is 0.352 e. The summed E-state index contributed by atoms with van der Waals surface area (Å²) >= 11 is 0. The van der Waals surface area contributed by atoms with Crippen molar-refractivity contribution >= 4 is 11.6 Å². The van der Waals surface area contributed by atoms with E-state index >= 15 is 0 Å². The van der Waals surface area contributed by atoms with E-state index in [9.17, 15) is 18.7 Å². The zero-order valence-corrected chi connectivity index (χ0v) is 13.2. The second-order valence-electron chi connectivity index (χ2n) is 6.48. The Kier molecular flexibility index (Phi) is 4.14. The largest absolute Gasteiger partial charge is 0.383 e. The molecule has 1 amide bonds. The van der Waals surface area contributed by atoms with E-state index in [0.717, 1.165) is 37.2 Å². The van der Waals surface area contributed by atoms with Crippen molar-refractivity contribution in [3.05, 3.63) is 29.3 Å². The van der Waals surface area contributed by atoms with Crippen LogP contribution in [0, 0.1) is 0 Å². The first-order valence-electron chi connectivity index (χ1n) is 8.12. The fourth-order valence-corrected chi connectivity index (χ4v) is 3.29. The molecule has 23 heavy (non-hydrogen) atoms. The average Bonchev–Trinajstić information content (AvgIpc) is 2.52. The summed E-state index contributed by atoms with van der Waals surface area (Å²) in [5.41, 5.74) is 0.222. The minimum atomic E-state index is -3.77. The Morgan fingerprint density at radius 1 is 1.43 bits per heavy atom. The number of anilines is 1. The maximum absolute atomic E-state index is 14.2. The van der Waals surface area contributed by atoms with Gasteiger partial charge in [0.15, 0.2) is 0 Å². The predicted molar refractivity (Wildman–Crippen MR) is 83.5 cm³/mol. The number of carbonyl (C=O) groups excluding carboxylic acids is 1. The highest BCUT2D eigenvalue weighted by molar-refractivity contribution is 5.98.